The smallest absolute Gasteiger partial charge is 0.173 e. The van der Waals surface area contributed by atoms with Crippen molar-refractivity contribution in [3.63, 3.8) is 0 Å². The highest BCUT2D eigenvalue weighted by atomic mass is 16.7. The molecule has 0 unspecified atom stereocenters. The molecule has 1 rings (SSSR count). The zero-order valence-corrected chi connectivity index (χ0v) is 8.78. The number of nitrogens with zero attached hydrogens (tertiary/aromatic N) is 1. The van der Waals surface area contributed by atoms with Crippen LogP contribution in [0.2, 0.25) is 0 Å². The van der Waals surface area contributed by atoms with Gasteiger partial charge >= 0.3 is 0 Å². The second-order valence-corrected chi connectivity index (χ2v) is 2.97. The van der Waals surface area contributed by atoms with E-state index in [9.17, 15) is 0 Å². The zero-order valence-electron chi connectivity index (χ0n) is 8.78. The Bertz CT molecular complexity index is 275. The number of nitrogens with one attached hydrogen (secondary N) is 1. The maximum absolute atomic E-state index is 5.05. The Morgan fingerprint density at radius 1 is 1.43 bits per heavy atom. The van der Waals surface area contributed by atoms with Crippen molar-refractivity contribution in [3.8, 4) is 0 Å². The Morgan fingerprint density at radius 2 is 2.14 bits per heavy atom. The van der Waals surface area contributed by atoms with Gasteiger partial charge in [0.25, 0.3) is 0 Å². The van der Waals surface area contributed by atoms with Crippen LogP contribution in [0.4, 0.5) is 5.69 Å². The number of pyridine rings is 1. The highest BCUT2D eigenvalue weighted by Crippen LogP contribution is 2.07. The van der Waals surface area contributed by atoms with E-state index in [2.05, 4.69) is 10.3 Å². The first-order chi connectivity index (χ1) is 6.76. The first-order valence-electron chi connectivity index (χ1n) is 4.48. The second kappa shape index (κ2) is 5.57. The summed E-state index contributed by atoms with van der Waals surface area (Å²) in [5, 5.41) is 3.20. The lowest BCUT2D eigenvalue weighted by Crippen LogP contribution is -2.23. The summed E-state index contributed by atoms with van der Waals surface area (Å²) < 4.78 is 10.1. The summed E-state index contributed by atoms with van der Waals surface area (Å²) in [7, 11) is 3.24. The van der Waals surface area contributed by atoms with Crippen LogP contribution in [-0.2, 0) is 9.47 Å². The van der Waals surface area contributed by atoms with Crippen LogP contribution in [0.1, 0.15) is 5.69 Å². The fraction of sp³-hybridized carbons (Fsp3) is 0.500. The molecule has 78 valence electrons. The summed E-state index contributed by atoms with van der Waals surface area (Å²) in [6.07, 6.45) is 1.55. The lowest BCUT2D eigenvalue weighted by molar-refractivity contribution is -0.0914. The number of rotatable bonds is 5. The highest BCUT2D eigenvalue weighted by Gasteiger charge is 2.03. The Kier molecular flexibility index (Phi) is 4.35. The molecule has 0 bridgehead atoms. The molecule has 0 fully saturated rings. The minimum absolute atomic E-state index is 0.219. The first-order valence-corrected chi connectivity index (χ1v) is 4.48. The molecule has 14 heavy (non-hydrogen) atoms. The van der Waals surface area contributed by atoms with Crippen molar-refractivity contribution in [1.82, 2.24) is 4.98 Å². The van der Waals surface area contributed by atoms with Gasteiger partial charge in [0.1, 0.15) is 0 Å². The molecule has 0 spiro atoms. The van der Waals surface area contributed by atoms with E-state index in [1.165, 1.54) is 0 Å². The van der Waals surface area contributed by atoms with Crippen molar-refractivity contribution in [2.24, 2.45) is 0 Å². The number of methoxy groups -OCH3 is 2. The van der Waals surface area contributed by atoms with Crippen molar-refractivity contribution in [1.29, 1.82) is 0 Å². The highest BCUT2D eigenvalue weighted by molar-refractivity contribution is 5.42. The molecule has 4 nitrogen and oxygen atoms in total. The molecule has 1 heterocycles. The van der Waals surface area contributed by atoms with E-state index >= 15 is 0 Å². The standard InChI is InChI=1S/C10H16N2O2/c1-8-6-9(4-5-11-8)12-7-10(13-2)14-3/h4-6,10H,7H2,1-3H3,(H,11,12). The van der Waals surface area contributed by atoms with E-state index in [-0.39, 0.29) is 6.29 Å². The van der Waals surface area contributed by atoms with Gasteiger partial charge in [-0.2, -0.15) is 0 Å². The van der Waals surface area contributed by atoms with Crippen LogP contribution in [0.5, 0.6) is 0 Å². The number of ether oxygens (including phenoxy) is 2. The van der Waals surface area contributed by atoms with Crippen LogP contribution in [0.25, 0.3) is 0 Å². The predicted molar refractivity (Wildman–Crippen MR) is 55.3 cm³/mol. The molecule has 0 atom stereocenters. The fourth-order valence-electron chi connectivity index (χ4n) is 1.12. The van der Waals surface area contributed by atoms with Crippen LogP contribution in [0, 0.1) is 6.92 Å². The first kappa shape index (κ1) is 10.9. The molecule has 0 saturated carbocycles. The van der Waals surface area contributed by atoms with Crippen LogP contribution >= 0.6 is 0 Å². The molecule has 1 N–H and O–H groups in total. The van der Waals surface area contributed by atoms with Crippen LogP contribution < -0.4 is 5.32 Å². The Labute approximate surface area is 84.3 Å². The van der Waals surface area contributed by atoms with E-state index in [0.717, 1.165) is 11.4 Å². The Morgan fingerprint density at radius 3 is 2.71 bits per heavy atom. The Hall–Kier alpha value is -1.13. The zero-order chi connectivity index (χ0) is 10.4. The molecule has 0 saturated heterocycles. The van der Waals surface area contributed by atoms with Gasteiger partial charge in [0, 0.05) is 31.8 Å². The number of aromatic nitrogens is 1. The predicted octanol–water partition coefficient (Wildman–Crippen LogP) is 1.42. The molecule has 1 aromatic rings. The summed E-state index contributed by atoms with van der Waals surface area (Å²) in [6, 6.07) is 3.89. The lowest BCUT2D eigenvalue weighted by Gasteiger charge is -2.14. The molecule has 0 radical (unpaired) electrons. The maximum Gasteiger partial charge on any atom is 0.173 e. The fourth-order valence-corrected chi connectivity index (χ4v) is 1.12. The van der Waals surface area contributed by atoms with Gasteiger partial charge < -0.3 is 14.8 Å². The van der Waals surface area contributed by atoms with Crippen molar-refractivity contribution in [2.45, 2.75) is 13.2 Å². The van der Waals surface area contributed by atoms with Gasteiger partial charge in [0.05, 0.1) is 6.54 Å². The minimum Gasteiger partial charge on any atom is -0.380 e. The van der Waals surface area contributed by atoms with E-state index in [1.807, 2.05) is 19.1 Å². The molecule has 0 aliphatic heterocycles. The van der Waals surface area contributed by atoms with Crippen molar-refractivity contribution in [2.75, 3.05) is 26.1 Å². The summed E-state index contributed by atoms with van der Waals surface area (Å²) in [4.78, 5) is 4.10. The quantitative estimate of drug-likeness (QED) is 0.723. The van der Waals surface area contributed by atoms with Crippen molar-refractivity contribution >= 4 is 5.69 Å². The second-order valence-electron chi connectivity index (χ2n) is 2.97. The largest absolute Gasteiger partial charge is 0.380 e. The number of anilines is 1. The SMILES string of the molecule is COC(CNc1ccnc(C)c1)OC. The monoisotopic (exact) mass is 196 g/mol. The molecule has 0 amide bonds. The van der Waals surface area contributed by atoms with Gasteiger partial charge in [-0.15, -0.1) is 0 Å². The van der Waals surface area contributed by atoms with E-state index < -0.39 is 0 Å². The van der Waals surface area contributed by atoms with Gasteiger partial charge in [-0.25, -0.2) is 0 Å². The van der Waals surface area contributed by atoms with Crippen molar-refractivity contribution in [3.05, 3.63) is 24.0 Å². The van der Waals surface area contributed by atoms with E-state index in [4.69, 9.17) is 9.47 Å². The van der Waals surface area contributed by atoms with Crippen molar-refractivity contribution < 1.29 is 9.47 Å². The molecule has 4 heteroatoms. The summed E-state index contributed by atoms with van der Waals surface area (Å²) in [5.74, 6) is 0. The van der Waals surface area contributed by atoms with Crippen LogP contribution in [-0.4, -0.2) is 32.0 Å². The third kappa shape index (κ3) is 3.32. The molecule has 0 aromatic carbocycles. The minimum atomic E-state index is -0.219. The summed E-state index contributed by atoms with van der Waals surface area (Å²) in [5.41, 5.74) is 2.01. The number of hydrogen-bond acceptors (Lipinski definition) is 4. The normalized spacial score (nSPS) is 10.6. The van der Waals surface area contributed by atoms with Gasteiger partial charge in [0.2, 0.25) is 0 Å². The van der Waals surface area contributed by atoms with Crippen LogP contribution in [0.15, 0.2) is 18.3 Å². The average Bonchev–Trinajstić information content (AvgIpc) is 2.19. The van der Waals surface area contributed by atoms with Gasteiger partial charge in [-0.05, 0) is 19.1 Å². The topological polar surface area (TPSA) is 43.4 Å². The third-order valence-corrected chi connectivity index (χ3v) is 1.90. The molecular weight excluding hydrogens is 180 g/mol. The molecule has 0 aliphatic carbocycles. The van der Waals surface area contributed by atoms with Gasteiger partial charge in [-0.3, -0.25) is 4.98 Å². The maximum atomic E-state index is 5.05. The van der Waals surface area contributed by atoms with Gasteiger partial charge in [0.15, 0.2) is 6.29 Å². The molecular formula is C10H16N2O2. The number of hydrogen-bond donors (Lipinski definition) is 1. The number of aryl methyl sites for hydroxylation is 1. The molecule has 1 aromatic heterocycles. The van der Waals surface area contributed by atoms with Crippen LogP contribution in [0.3, 0.4) is 0 Å². The summed E-state index contributed by atoms with van der Waals surface area (Å²) in [6.45, 7) is 2.58. The van der Waals surface area contributed by atoms with E-state index in [1.54, 1.807) is 20.4 Å². The van der Waals surface area contributed by atoms with E-state index in [0.29, 0.717) is 6.54 Å². The Balaban J connectivity index is 2.44. The molecule has 0 aliphatic rings. The summed E-state index contributed by atoms with van der Waals surface area (Å²) >= 11 is 0. The van der Waals surface area contributed by atoms with Gasteiger partial charge in [-0.1, -0.05) is 0 Å². The third-order valence-electron chi connectivity index (χ3n) is 1.90. The lowest BCUT2D eigenvalue weighted by atomic mass is 10.3. The average molecular weight is 196 g/mol.